The smallest absolute Gasteiger partial charge is 0.119 e. The van der Waals surface area contributed by atoms with Crippen LogP contribution in [0.3, 0.4) is 0 Å². The monoisotopic (exact) mass is 218 g/mol. The maximum absolute atomic E-state index is 8.89. The molecule has 3 heteroatoms. The number of nitrogens with one attached hydrogen (secondary N) is 1. The van der Waals surface area contributed by atoms with Gasteiger partial charge in [-0.05, 0) is 31.0 Å². The summed E-state index contributed by atoms with van der Waals surface area (Å²) in [7, 11) is 1.65. The first-order valence-electron chi connectivity index (χ1n) is 5.50. The molecule has 0 bridgehead atoms. The maximum atomic E-state index is 8.89. The third kappa shape index (κ3) is 3.25. The van der Waals surface area contributed by atoms with Crippen molar-refractivity contribution in [2.24, 2.45) is 0 Å². The normalized spacial score (nSPS) is 13.9. The van der Waals surface area contributed by atoms with Gasteiger partial charge in [-0.15, -0.1) is 0 Å². The Morgan fingerprint density at radius 1 is 1.50 bits per heavy atom. The Bertz CT molecular complexity index is 370. The highest BCUT2D eigenvalue weighted by molar-refractivity contribution is 5.30. The Kier molecular flexibility index (Phi) is 4.81. The van der Waals surface area contributed by atoms with Crippen LogP contribution in [0.4, 0.5) is 0 Å². The quantitative estimate of drug-likeness (QED) is 0.826. The van der Waals surface area contributed by atoms with E-state index in [2.05, 4.69) is 18.3 Å². The van der Waals surface area contributed by atoms with Gasteiger partial charge in [-0.2, -0.15) is 5.26 Å². The summed E-state index contributed by atoms with van der Waals surface area (Å²) in [4.78, 5) is 0. The summed E-state index contributed by atoms with van der Waals surface area (Å²) in [5.41, 5.74) is 1.13. The molecule has 1 N–H and O–H groups in total. The third-order valence-electron chi connectivity index (χ3n) is 2.61. The third-order valence-corrected chi connectivity index (χ3v) is 2.61. The van der Waals surface area contributed by atoms with Crippen LogP contribution in [0.15, 0.2) is 24.3 Å². The molecule has 0 aliphatic heterocycles. The number of hydrogen-bond donors (Lipinski definition) is 1. The summed E-state index contributed by atoms with van der Waals surface area (Å²) >= 11 is 0. The minimum Gasteiger partial charge on any atom is -0.497 e. The number of nitriles is 1. The second kappa shape index (κ2) is 6.14. The van der Waals surface area contributed by atoms with Crippen LogP contribution in [0.5, 0.6) is 5.75 Å². The van der Waals surface area contributed by atoms with Crippen molar-refractivity contribution in [1.82, 2.24) is 5.32 Å². The van der Waals surface area contributed by atoms with Gasteiger partial charge >= 0.3 is 0 Å². The van der Waals surface area contributed by atoms with Crippen molar-refractivity contribution in [3.8, 4) is 11.8 Å². The topological polar surface area (TPSA) is 45.0 Å². The molecule has 86 valence electrons. The highest BCUT2D eigenvalue weighted by atomic mass is 16.5. The SMILES string of the molecule is CCC(C#N)N[C@H](C)c1cccc(OC)c1. The fourth-order valence-corrected chi connectivity index (χ4v) is 1.56. The van der Waals surface area contributed by atoms with Gasteiger partial charge in [0.15, 0.2) is 0 Å². The summed E-state index contributed by atoms with van der Waals surface area (Å²) < 4.78 is 5.17. The van der Waals surface area contributed by atoms with Gasteiger partial charge in [-0.25, -0.2) is 0 Å². The fraction of sp³-hybridized carbons (Fsp3) is 0.462. The molecule has 1 aromatic carbocycles. The number of ether oxygens (including phenoxy) is 1. The van der Waals surface area contributed by atoms with Crippen molar-refractivity contribution in [2.75, 3.05) is 7.11 Å². The predicted octanol–water partition coefficient (Wildman–Crippen LogP) is 2.65. The van der Waals surface area contributed by atoms with Crippen molar-refractivity contribution in [2.45, 2.75) is 32.4 Å². The van der Waals surface area contributed by atoms with Crippen molar-refractivity contribution >= 4 is 0 Å². The zero-order valence-electron chi connectivity index (χ0n) is 10.0. The summed E-state index contributed by atoms with van der Waals surface area (Å²) in [6, 6.07) is 10.2. The molecule has 1 rings (SSSR count). The number of rotatable bonds is 5. The van der Waals surface area contributed by atoms with Crippen molar-refractivity contribution in [3.05, 3.63) is 29.8 Å². The molecule has 1 unspecified atom stereocenters. The van der Waals surface area contributed by atoms with Gasteiger partial charge in [0.1, 0.15) is 5.75 Å². The molecule has 0 saturated heterocycles. The van der Waals surface area contributed by atoms with E-state index in [-0.39, 0.29) is 12.1 Å². The van der Waals surface area contributed by atoms with Gasteiger partial charge in [0.2, 0.25) is 0 Å². The summed E-state index contributed by atoms with van der Waals surface area (Å²) in [5.74, 6) is 0.844. The molecular weight excluding hydrogens is 200 g/mol. The lowest BCUT2D eigenvalue weighted by Crippen LogP contribution is -2.29. The van der Waals surface area contributed by atoms with Gasteiger partial charge in [0.05, 0.1) is 19.2 Å². The fourth-order valence-electron chi connectivity index (χ4n) is 1.56. The Labute approximate surface area is 97.0 Å². The standard InChI is InChI=1S/C13H18N2O/c1-4-12(9-14)15-10(2)11-6-5-7-13(8-11)16-3/h5-8,10,12,15H,4H2,1-3H3/t10-,12?/m1/s1. The lowest BCUT2D eigenvalue weighted by molar-refractivity contribution is 0.412. The van der Waals surface area contributed by atoms with Crippen LogP contribution in [0, 0.1) is 11.3 Å². The van der Waals surface area contributed by atoms with Crippen LogP contribution in [0.2, 0.25) is 0 Å². The van der Waals surface area contributed by atoms with Crippen molar-refractivity contribution in [1.29, 1.82) is 5.26 Å². The average molecular weight is 218 g/mol. The van der Waals surface area contributed by atoms with Crippen molar-refractivity contribution in [3.63, 3.8) is 0 Å². The van der Waals surface area contributed by atoms with Crippen LogP contribution in [0.25, 0.3) is 0 Å². The molecule has 0 radical (unpaired) electrons. The lowest BCUT2D eigenvalue weighted by atomic mass is 10.1. The Hall–Kier alpha value is -1.53. The summed E-state index contributed by atoms with van der Waals surface area (Å²) in [5, 5.41) is 12.2. The first kappa shape index (κ1) is 12.5. The van der Waals surface area contributed by atoms with Crippen LogP contribution in [0.1, 0.15) is 31.9 Å². The number of benzene rings is 1. The van der Waals surface area contributed by atoms with Crippen LogP contribution in [-0.2, 0) is 0 Å². The van der Waals surface area contributed by atoms with Gasteiger partial charge in [-0.3, -0.25) is 5.32 Å². The number of methoxy groups -OCH3 is 1. The highest BCUT2D eigenvalue weighted by Crippen LogP contribution is 2.19. The van der Waals surface area contributed by atoms with E-state index in [1.165, 1.54) is 0 Å². The molecule has 1 aromatic rings. The molecule has 0 saturated carbocycles. The lowest BCUT2D eigenvalue weighted by Gasteiger charge is -2.17. The number of nitrogens with zero attached hydrogens (tertiary/aromatic N) is 1. The van der Waals surface area contributed by atoms with E-state index in [9.17, 15) is 0 Å². The minimum absolute atomic E-state index is 0.0961. The van der Waals surface area contributed by atoms with Crippen LogP contribution >= 0.6 is 0 Å². The zero-order chi connectivity index (χ0) is 12.0. The highest BCUT2D eigenvalue weighted by Gasteiger charge is 2.11. The second-order valence-electron chi connectivity index (χ2n) is 3.75. The molecule has 0 spiro atoms. The van der Waals surface area contributed by atoms with E-state index in [1.54, 1.807) is 7.11 Å². The predicted molar refractivity (Wildman–Crippen MR) is 64.2 cm³/mol. The van der Waals surface area contributed by atoms with Crippen LogP contribution in [-0.4, -0.2) is 13.2 Å². The molecule has 16 heavy (non-hydrogen) atoms. The van der Waals surface area contributed by atoms with Gasteiger partial charge in [0, 0.05) is 6.04 Å². The average Bonchev–Trinajstić information content (AvgIpc) is 2.35. The maximum Gasteiger partial charge on any atom is 0.119 e. The van der Waals surface area contributed by atoms with E-state index < -0.39 is 0 Å². The molecule has 3 nitrogen and oxygen atoms in total. The summed E-state index contributed by atoms with van der Waals surface area (Å²) in [6.07, 6.45) is 0.810. The molecule has 0 heterocycles. The first-order valence-corrected chi connectivity index (χ1v) is 5.50. The van der Waals surface area contributed by atoms with Crippen molar-refractivity contribution < 1.29 is 4.74 Å². The minimum atomic E-state index is -0.0961. The van der Waals surface area contributed by atoms with Gasteiger partial charge in [-0.1, -0.05) is 19.1 Å². The Morgan fingerprint density at radius 2 is 2.25 bits per heavy atom. The Morgan fingerprint density at radius 3 is 2.81 bits per heavy atom. The van der Waals surface area contributed by atoms with E-state index in [4.69, 9.17) is 10.00 Å². The Balaban J connectivity index is 2.72. The van der Waals surface area contributed by atoms with Gasteiger partial charge in [0.25, 0.3) is 0 Å². The molecule has 0 aromatic heterocycles. The molecular formula is C13H18N2O. The van der Waals surface area contributed by atoms with Crippen LogP contribution < -0.4 is 10.1 Å². The molecule has 0 amide bonds. The van der Waals surface area contributed by atoms with E-state index in [0.29, 0.717) is 0 Å². The number of hydrogen-bond acceptors (Lipinski definition) is 3. The van der Waals surface area contributed by atoms with E-state index in [1.807, 2.05) is 31.2 Å². The van der Waals surface area contributed by atoms with E-state index >= 15 is 0 Å². The zero-order valence-corrected chi connectivity index (χ0v) is 10.0. The van der Waals surface area contributed by atoms with Gasteiger partial charge < -0.3 is 4.74 Å². The molecule has 0 fully saturated rings. The summed E-state index contributed by atoms with van der Waals surface area (Å²) in [6.45, 7) is 4.05. The van der Waals surface area contributed by atoms with E-state index in [0.717, 1.165) is 17.7 Å². The second-order valence-corrected chi connectivity index (χ2v) is 3.75. The molecule has 2 atom stereocenters. The molecule has 0 aliphatic rings. The first-order chi connectivity index (χ1) is 7.71. The largest absolute Gasteiger partial charge is 0.497 e. The molecule has 0 aliphatic carbocycles.